The lowest BCUT2D eigenvalue weighted by molar-refractivity contribution is 0.0160. The zero-order valence-corrected chi connectivity index (χ0v) is 22.0. The summed E-state index contributed by atoms with van der Waals surface area (Å²) in [4.78, 5) is 27.6. The number of halogens is 4. The molecular weight excluding hydrogens is 609 g/mol. The normalized spacial score (nSPS) is 15.6. The second-order valence-electron chi connectivity index (χ2n) is 8.05. The van der Waals surface area contributed by atoms with Gasteiger partial charge in [-0.25, -0.2) is 15.0 Å². The molecule has 3 aromatic rings. The van der Waals surface area contributed by atoms with Crippen molar-refractivity contribution in [2.45, 2.75) is 9.97 Å². The van der Waals surface area contributed by atoms with Crippen molar-refractivity contribution in [3.63, 3.8) is 0 Å². The van der Waals surface area contributed by atoms with Gasteiger partial charge in [0.2, 0.25) is 5.82 Å². The first-order valence-electron chi connectivity index (χ1n) is 11.2. The highest BCUT2D eigenvalue weighted by Crippen LogP contribution is 2.33. The Hall–Kier alpha value is -2.26. The standard InChI is InChI=1S/C23H24ClF2IN6O3/c24-16-2-3-17-15(1-4-19(32-17)28-5-8-34)20(16)21(35)29-13-18(33-6-9-36-10-7-33)14-11-30-22(31-12-14)23(25,26)27/h1-4,11-12,18,34H,5-10,13H2,(H,28,32)(H,29,35). The maximum Gasteiger partial charge on any atom is 0.354 e. The molecule has 1 unspecified atom stereocenters. The van der Waals surface area contributed by atoms with E-state index in [9.17, 15) is 13.6 Å². The molecule has 0 bridgehead atoms. The number of aliphatic hydroxyl groups is 1. The first-order chi connectivity index (χ1) is 17.3. The minimum absolute atomic E-state index is 0.0352. The van der Waals surface area contributed by atoms with Crippen LogP contribution in [-0.2, 0) is 8.67 Å². The number of morpholine rings is 1. The number of carbonyl (C=O) groups is 1. The Balaban J connectivity index is 1.57. The number of alkyl halides is 3. The Kier molecular flexibility index (Phi) is 8.83. The van der Waals surface area contributed by atoms with Gasteiger partial charge in [-0.05, 0) is 24.3 Å². The molecule has 1 amide bonds. The maximum absolute atomic E-state index is 13.6. The van der Waals surface area contributed by atoms with E-state index in [0.29, 0.717) is 55.1 Å². The van der Waals surface area contributed by atoms with Crippen LogP contribution in [0.4, 0.5) is 14.6 Å². The third-order valence-electron chi connectivity index (χ3n) is 5.72. The first-order valence-corrected chi connectivity index (χ1v) is 12.7. The van der Waals surface area contributed by atoms with Gasteiger partial charge in [0.05, 0.1) is 42.0 Å². The van der Waals surface area contributed by atoms with E-state index < -0.39 is 15.7 Å². The largest absolute Gasteiger partial charge is 0.395 e. The second kappa shape index (κ2) is 11.9. The van der Waals surface area contributed by atoms with Gasteiger partial charge in [0.1, 0.15) is 5.82 Å². The highest BCUT2D eigenvalue weighted by atomic mass is 127. The molecule has 1 atom stereocenters. The van der Waals surface area contributed by atoms with Crippen LogP contribution < -0.4 is 10.6 Å². The number of nitrogens with one attached hydrogen (secondary N) is 2. The summed E-state index contributed by atoms with van der Waals surface area (Å²) >= 11 is 7.40. The zero-order chi connectivity index (χ0) is 25.7. The van der Waals surface area contributed by atoms with Crippen molar-refractivity contribution >= 4 is 56.8 Å². The maximum atomic E-state index is 13.6. The fourth-order valence-electron chi connectivity index (χ4n) is 3.97. The van der Waals surface area contributed by atoms with Crippen molar-refractivity contribution in [3.05, 3.63) is 58.6 Å². The number of hydrogen-bond acceptors (Lipinski definition) is 8. The van der Waals surface area contributed by atoms with E-state index in [-0.39, 0.29) is 29.8 Å². The van der Waals surface area contributed by atoms with Gasteiger partial charge < -0.3 is 20.5 Å². The molecular formula is C23H24ClF2IN6O3. The topological polar surface area (TPSA) is 113 Å². The first kappa shape index (κ1) is 26.8. The van der Waals surface area contributed by atoms with Gasteiger partial charge in [-0.1, -0.05) is 11.6 Å². The second-order valence-corrected chi connectivity index (χ2v) is 9.81. The number of anilines is 1. The van der Waals surface area contributed by atoms with E-state index in [1.165, 1.54) is 12.4 Å². The lowest BCUT2D eigenvalue weighted by Crippen LogP contribution is -2.44. The zero-order valence-electron chi connectivity index (χ0n) is 19.1. The number of hydrogen-bond donors (Lipinski definition) is 3. The molecule has 1 fully saturated rings. The lowest BCUT2D eigenvalue weighted by atomic mass is 10.1. The number of nitrogens with zero attached hydrogens (tertiary/aromatic N) is 4. The molecule has 192 valence electrons. The monoisotopic (exact) mass is 632 g/mol. The van der Waals surface area contributed by atoms with Gasteiger partial charge in [0, 0.05) is 72.1 Å². The van der Waals surface area contributed by atoms with Crippen LogP contribution in [0.5, 0.6) is 0 Å². The molecule has 0 saturated carbocycles. The van der Waals surface area contributed by atoms with Crippen LogP contribution in [0.25, 0.3) is 10.9 Å². The number of aliphatic hydroxyl groups excluding tert-OH is 1. The van der Waals surface area contributed by atoms with E-state index >= 15 is 0 Å². The van der Waals surface area contributed by atoms with Crippen molar-refractivity contribution in [2.24, 2.45) is 0 Å². The summed E-state index contributed by atoms with van der Waals surface area (Å²) in [6.45, 7) is 2.74. The van der Waals surface area contributed by atoms with Crippen LogP contribution in [-0.4, -0.2) is 76.9 Å². The van der Waals surface area contributed by atoms with Crippen molar-refractivity contribution in [2.75, 3.05) is 51.3 Å². The van der Waals surface area contributed by atoms with Crippen LogP contribution in [0.15, 0.2) is 36.7 Å². The molecule has 4 rings (SSSR count). The number of ether oxygens (including phenoxy) is 1. The van der Waals surface area contributed by atoms with Crippen LogP contribution in [0.2, 0.25) is 5.02 Å². The van der Waals surface area contributed by atoms with Crippen LogP contribution in [0, 0.1) is 0 Å². The molecule has 0 spiro atoms. The van der Waals surface area contributed by atoms with E-state index in [4.69, 9.17) is 21.4 Å². The SMILES string of the molecule is O=C(NCC(c1cnc(C(F)(F)I)nc1)N1CCOCC1)c1c(Cl)ccc2nc(NCCO)ccc12. The lowest BCUT2D eigenvalue weighted by Gasteiger charge is -2.34. The summed E-state index contributed by atoms with van der Waals surface area (Å²) in [7, 11) is 0. The van der Waals surface area contributed by atoms with Crippen molar-refractivity contribution in [1.82, 2.24) is 25.2 Å². The molecule has 1 aliphatic rings. The minimum atomic E-state index is -3.18. The van der Waals surface area contributed by atoms with Crippen molar-refractivity contribution < 1.29 is 23.4 Å². The Bertz CT molecular complexity index is 1210. The molecule has 36 heavy (non-hydrogen) atoms. The van der Waals surface area contributed by atoms with Crippen molar-refractivity contribution in [3.8, 4) is 0 Å². The number of amides is 1. The third-order valence-corrected chi connectivity index (χ3v) is 6.52. The summed E-state index contributed by atoms with van der Waals surface area (Å²) in [5.74, 6) is -0.393. The number of fused-ring (bicyclic) bond motifs is 1. The van der Waals surface area contributed by atoms with Crippen LogP contribution in [0.1, 0.15) is 27.8 Å². The van der Waals surface area contributed by atoms with E-state index in [2.05, 4.69) is 30.5 Å². The van der Waals surface area contributed by atoms with Crippen LogP contribution in [0.3, 0.4) is 0 Å². The van der Waals surface area contributed by atoms with Gasteiger partial charge in [-0.2, -0.15) is 8.78 Å². The van der Waals surface area contributed by atoms with Gasteiger partial charge >= 0.3 is 3.93 Å². The third kappa shape index (κ3) is 6.35. The average Bonchev–Trinajstić information content (AvgIpc) is 2.87. The van der Waals surface area contributed by atoms with Gasteiger partial charge in [0.25, 0.3) is 5.91 Å². The number of rotatable bonds is 9. The van der Waals surface area contributed by atoms with Gasteiger partial charge in [-0.15, -0.1) is 0 Å². The van der Waals surface area contributed by atoms with Gasteiger partial charge in [0.15, 0.2) is 0 Å². The van der Waals surface area contributed by atoms with Crippen molar-refractivity contribution in [1.29, 1.82) is 0 Å². The molecule has 3 heterocycles. The molecule has 0 aliphatic carbocycles. The van der Waals surface area contributed by atoms with E-state index in [0.717, 1.165) is 22.6 Å². The number of benzene rings is 1. The Morgan fingerprint density at radius 2 is 1.94 bits per heavy atom. The van der Waals surface area contributed by atoms with Gasteiger partial charge in [-0.3, -0.25) is 9.69 Å². The fourth-order valence-corrected chi connectivity index (χ4v) is 4.50. The predicted molar refractivity (Wildman–Crippen MR) is 140 cm³/mol. The number of carbonyl (C=O) groups excluding carboxylic acids is 1. The molecule has 0 radical (unpaired) electrons. The van der Waals surface area contributed by atoms with E-state index in [1.807, 2.05) is 0 Å². The molecule has 1 saturated heterocycles. The Morgan fingerprint density at radius 1 is 1.22 bits per heavy atom. The summed E-state index contributed by atoms with van der Waals surface area (Å²) in [5, 5.41) is 15.8. The van der Waals surface area contributed by atoms with Crippen LogP contribution >= 0.6 is 34.2 Å². The molecule has 13 heteroatoms. The summed E-state index contributed by atoms with van der Waals surface area (Å²) in [5.41, 5.74) is 1.46. The minimum Gasteiger partial charge on any atom is -0.395 e. The molecule has 1 aliphatic heterocycles. The summed E-state index contributed by atoms with van der Waals surface area (Å²) in [6, 6.07) is 6.44. The quantitative estimate of drug-likeness (QED) is 0.243. The molecule has 3 N–H and O–H groups in total. The smallest absolute Gasteiger partial charge is 0.354 e. The highest BCUT2D eigenvalue weighted by molar-refractivity contribution is 14.1. The average molecular weight is 633 g/mol. The fraction of sp³-hybridized carbons (Fsp3) is 0.391. The van der Waals surface area contributed by atoms with E-state index in [1.54, 1.807) is 24.3 Å². The predicted octanol–water partition coefficient (Wildman–Crippen LogP) is 3.37. The Labute approximate surface area is 224 Å². The number of aromatic nitrogens is 3. The molecule has 9 nitrogen and oxygen atoms in total. The Morgan fingerprint density at radius 3 is 2.61 bits per heavy atom. The highest BCUT2D eigenvalue weighted by Gasteiger charge is 2.31. The molecule has 2 aromatic heterocycles. The molecule has 1 aromatic carbocycles. The summed E-state index contributed by atoms with van der Waals surface area (Å²) in [6.07, 6.45) is 2.74. The number of pyridine rings is 1. The summed E-state index contributed by atoms with van der Waals surface area (Å²) < 4.78 is 29.4.